The molecule has 0 N–H and O–H groups in total. The number of benzene rings is 2. The standard InChI is InChI=1S/C19H16BrNO3/c1-2-10-23-16-8-6-14(7-9-16)18-17(19(22)24-21-18)12-13-4-3-5-15(20)11-13/h3-9,11-12H,2,10H2,1H3. The van der Waals surface area contributed by atoms with E-state index in [1.54, 1.807) is 6.08 Å². The van der Waals surface area contributed by atoms with E-state index in [1.807, 2.05) is 48.5 Å². The van der Waals surface area contributed by atoms with Gasteiger partial charge in [-0.3, -0.25) is 0 Å². The van der Waals surface area contributed by atoms with Gasteiger partial charge in [-0.2, -0.15) is 0 Å². The van der Waals surface area contributed by atoms with Crippen LogP contribution in [0.15, 0.2) is 63.7 Å². The summed E-state index contributed by atoms with van der Waals surface area (Å²) in [5, 5.41) is 3.93. The second-order valence-electron chi connectivity index (χ2n) is 5.30. The van der Waals surface area contributed by atoms with Crippen molar-refractivity contribution >= 4 is 33.7 Å². The van der Waals surface area contributed by atoms with Gasteiger partial charge in [0.2, 0.25) is 0 Å². The third kappa shape index (κ3) is 3.74. The molecule has 1 aliphatic rings. The van der Waals surface area contributed by atoms with E-state index in [1.165, 1.54) is 0 Å². The zero-order valence-electron chi connectivity index (χ0n) is 13.2. The van der Waals surface area contributed by atoms with Crippen LogP contribution in [0.4, 0.5) is 0 Å². The minimum atomic E-state index is -0.448. The number of rotatable bonds is 5. The van der Waals surface area contributed by atoms with E-state index in [4.69, 9.17) is 9.57 Å². The van der Waals surface area contributed by atoms with Crippen LogP contribution in [0.2, 0.25) is 0 Å². The average molecular weight is 386 g/mol. The van der Waals surface area contributed by atoms with Gasteiger partial charge in [0.1, 0.15) is 11.5 Å². The molecule has 0 fully saturated rings. The number of carbonyl (C=O) groups is 1. The maximum absolute atomic E-state index is 12.0. The molecule has 122 valence electrons. The molecule has 0 spiro atoms. The van der Waals surface area contributed by atoms with Gasteiger partial charge in [0.05, 0.1) is 12.2 Å². The molecule has 2 aromatic rings. The van der Waals surface area contributed by atoms with E-state index in [0.717, 1.165) is 27.8 Å². The number of halogens is 1. The van der Waals surface area contributed by atoms with E-state index in [2.05, 4.69) is 28.0 Å². The first-order valence-corrected chi connectivity index (χ1v) is 8.47. The summed E-state index contributed by atoms with van der Waals surface area (Å²) in [7, 11) is 0. The Bertz CT molecular complexity index is 810. The number of ether oxygens (including phenoxy) is 1. The third-order valence-corrected chi connectivity index (χ3v) is 3.95. The highest BCUT2D eigenvalue weighted by atomic mass is 79.9. The fraction of sp³-hybridized carbons (Fsp3) is 0.158. The lowest BCUT2D eigenvalue weighted by molar-refractivity contribution is -0.136. The lowest BCUT2D eigenvalue weighted by Gasteiger charge is -2.06. The highest BCUT2D eigenvalue weighted by Gasteiger charge is 2.26. The first kappa shape index (κ1) is 16.5. The van der Waals surface area contributed by atoms with Gasteiger partial charge in [-0.25, -0.2) is 4.79 Å². The summed E-state index contributed by atoms with van der Waals surface area (Å²) in [4.78, 5) is 16.9. The Kier molecular flexibility index (Phi) is 5.11. The lowest BCUT2D eigenvalue weighted by Crippen LogP contribution is -2.07. The minimum Gasteiger partial charge on any atom is -0.494 e. The van der Waals surface area contributed by atoms with Crippen LogP contribution in [0.25, 0.3) is 6.08 Å². The van der Waals surface area contributed by atoms with Crippen LogP contribution in [0.1, 0.15) is 24.5 Å². The van der Waals surface area contributed by atoms with Crippen LogP contribution >= 0.6 is 15.9 Å². The minimum absolute atomic E-state index is 0.440. The van der Waals surface area contributed by atoms with Gasteiger partial charge >= 0.3 is 5.97 Å². The Morgan fingerprint density at radius 3 is 2.71 bits per heavy atom. The largest absolute Gasteiger partial charge is 0.494 e. The third-order valence-electron chi connectivity index (χ3n) is 3.46. The van der Waals surface area contributed by atoms with Crippen LogP contribution in [0, 0.1) is 0 Å². The van der Waals surface area contributed by atoms with Crippen molar-refractivity contribution in [2.24, 2.45) is 5.16 Å². The molecule has 1 heterocycles. The van der Waals surface area contributed by atoms with Gasteiger partial charge in [-0.05, 0) is 54.5 Å². The predicted molar refractivity (Wildman–Crippen MR) is 97.0 cm³/mol. The van der Waals surface area contributed by atoms with Crippen LogP contribution in [0.5, 0.6) is 5.75 Å². The maximum Gasteiger partial charge on any atom is 0.368 e. The maximum atomic E-state index is 12.0. The van der Waals surface area contributed by atoms with Crippen molar-refractivity contribution in [3.63, 3.8) is 0 Å². The zero-order valence-corrected chi connectivity index (χ0v) is 14.7. The normalized spacial score (nSPS) is 15.3. The summed E-state index contributed by atoms with van der Waals surface area (Å²) in [5.41, 5.74) is 2.68. The molecule has 0 bridgehead atoms. The van der Waals surface area contributed by atoms with Gasteiger partial charge in [-0.15, -0.1) is 0 Å². The number of hydrogen-bond acceptors (Lipinski definition) is 4. The van der Waals surface area contributed by atoms with Crippen molar-refractivity contribution in [1.29, 1.82) is 0 Å². The Morgan fingerprint density at radius 2 is 2.00 bits per heavy atom. The van der Waals surface area contributed by atoms with Crippen molar-refractivity contribution in [1.82, 2.24) is 0 Å². The van der Waals surface area contributed by atoms with Crippen LogP contribution < -0.4 is 4.74 Å². The molecule has 4 nitrogen and oxygen atoms in total. The molecule has 1 aliphatic heterocycles. The first-order valence-electron chi connectivity index (χ1n) is 7.67. The fourth-order valence-corrected chi connectivity index (χ4v) is 2.73. The van der Waals surface area contributed by atoms with Gasteiger partial charge in [0, 0.05) is 10.0 Å². The number of carbonyl (C=O) groups excluding carboxylic acids is 1. The summed E-state index contributed by atoms with van der Waals surface area (Å²) < 4.78 is 6.52. The topological polar surface area (TPSA) is 47.9 Å². The molecule has 2 aromatic carbocycles. The number of oxime groups is 1. The van der Waals surface area contributed by atoms with Gasteiger partial charge < -0.3 is 9.57 Å². The molecule has 3 rings (SSSR count). The van der Waals surface area contributed by atoms with Crippen molar-refractivity contribution in [2.75, 3.05) is 6.61 Å². The van der Waals surface area contributed by atoms with E-state index in [0.29, 0.717) is 17.9 Å². The van der Waals surface area contributed by atoms with E-state index in [-0.39, 0.29) is 0 Å². The molecule has 0 unspecified atom stereocenters. The Morgan fingerprint density at radius 1 is 1.21 bits per heavy atom. The second-order valence-corrected chi connectivity index (χ2v) is 6.22. The Balaban J connectivity index is 1.88. The van der Waals surface area contributed by atoms with E-state index in [9.17, 15) is 4.79 Å². The SMILES string of the molecule is CCCOc1ccc(C2=NOC(=O)C2=Cc2cccc(Br)c2)cc1. The quantitative estimate of drug-likeness (QED) is 0.558. The van der Waals surface area contributed by atoms with Gasteiger partial charge in [0.15, 0.2) is 0 Å². The summed E-state index contributed by atoms with van der Waals surface area (Å²) in [6, 6.07) is 15.2. The monoisotopic (exact) mass is 385 g/mol. The fourth-order valence-electron chi connectivity index (χ4n) is 2.31. The summed E-state index contributed by atoms with van der Waals surface area (Å²) in [6.45, 7) is 2.74. The molecule has 0 aromatic heterocycles. The lowest BCUT2D eigenvalue weighted by atomic mass is 10.0. The van der Waals surface area contributed by atoms with Crippen LogP contribution in [0.3, 0.4) is 0 Å². The molecule has 0 amide bonds. The molecule has 24 heavy (non-hydrogen) atoms. The molecule has 0 atom stereocenters. The smallest absolute Gasteiger partial charge is 0.368 e. The number of nitrogens with zero attached hydrogens (tertiary/aromatic N) is 1. The second kappa shape index (κ2) is 7.45. The van der Waals surface area contributed by atoms with Crippen LogP contribution in [-0.4, -0.2) is 18.3 Å². The summed E-state index contributed by atoms with van der Waals surface area (Å²) >= 11 is 3.43. The average Bonchev–Trinajstić information content (AvgIpc) is 2.94. The van der Waals surface area contributed by atoms with Crippen molar-refractivity contribution < 1.29 is 14.4 Å². The first-order chi connectivity index (χ1) is 11.7. The predicted octanol–water partition coefficient (Wildman–Crippen LogP) is 4.58. The highest BCUT2D eigenvalue weighted by Crippen LogP contribution is 2.23. The molecule has 0 saturated carbocycles. The van der Waals surface area contributed by atoms with Crippen molar-refractivity contribution in [3.8, 4) is 5.75 Å². The Labute approximate surface area is 148 Å². The molecule has 0 aliphatic carbocycles. The summed E-state index contributed by atoms with van der Waals surface area (Å²) in [6.07, 6.45) is 2.73. The van der Waals surface area contributed by atoms with Crippen molar-refractivity contribution in [2.45, 2.75) is 13.3 Å². The summed E-state index contributed by atoms with van der Waals surface area (Å²) in [5.74, 6) is 0.347. The number of hydrogen-bond donors (Lipinski definition) is 0. The highest BCUT2D eigenvalue weighted by molar-refractivity contribution is 9.10. The van der Waals surface area contributed by atoms with E-state index < -0.39 is 5.97 Å². The van der Waals surface area contributed by atoms with Crippen molar-refractivity contribution in [3.05, 3.63) is 69.7 Å². The molecule has 0 radical (unpaired) electrons. The Hall–Kier alpha value is -2.40. The van der Waals surface area contributed by atoms with E-state index >= 15 is 0 Å². The van der Waals surface area contributed by atoms with Gasteiger partial charge in [0.25, 0.3) is 0 Å². The van der Waals surface area contributed by atoms with Gasteiger partial charge in [-0.1, -0.05) is 40.1 Å². The molecule has 0 saturated heterocycles. The van der Waals surface area contributed by atoms with Crippen LogP contribution in [-0.2, 0) is 9.63 Å². The molecular formula is C19H16BrNO3. The molecule has 5 heteroatoms. The zero-order chi connectivity index (χ0) is 16.9. The molecular weight excluding hydrogens is 370 g/mol.